The fourth-order valence-electron chi connectivity index (χ4n) is 2.75. The highest BCUT2D eigenvalue weighted by molar-refractivity contribution is 7.15. The number of aromatic nitrogens is 4. The smallest absolute Gasteiger partial charge is 0.299 e. The number of rotatable bonds is 7. The molecule has 8 heteroatoms. The highest BCUT2D eigenvalue weighted by atomic mass is 32.1. The molecule has 0 aliphatic heterocycles. The lowest BCUT2D eigenvalue weighted by molar-refractivity contribution is -0.116. The number of fused-ring (bicyclic) bond motifs is 1. The largest absolute Gasteiger partial charge is 0.329 e. The van der Waals surface area contributed by atoms with E-state index < -0.39 is 0 Å². The van der Waals surface area contributed by atoms with Gasteiger partial charge in [-0.2, -0.15) is 0 Å². The van der Waals surface area contributed by atoms with Crippen LogP contribution in [-0.4, -0.2) is 25.2 Å². The quantitative estimate of drug-likeness (QED) is 0.657. The number of aryl methyl sites for hydroxylation is 2. The number of hydrogen-bond acceptors (Lipinski definition) is 5. The molecule has 2 heterocycles. The maximum absolute atomic E-state index is 12.3. The number of anilines is 1. The highest BCUT2D eigenvalue weighted by Gasteiger charge is 2.14. The Kier molecular flexibility index (Phi) is 5.28. The van der Waals surface area contributed by atoms with Gasteiger partial charge in [-0.1, -0.05) is 43.2 Å². The molecule has 3 aromatic rings. The van der Waals surface area contributed by atoms with E-state index >= 15 is 0 Å². The zero-order valence-corrected chi connectivity index (χ0v) is 15.2. The molecule has 25 heavy (non-hydrogen) atoms. The van der Waals surface area contributed by atoms with Gasteiger partial charge in [-0.25, -0.2) is 4.79 Å². The number of imidazole rings is 1. The van der Waals surface area contributed by atoms with E-state index in [0.29, 0.717) is 5.13 Å². The van der Waals surface area contributed by atoms with Gasteiger partial charge in [0.25, 0.3) is 0 Å². The number of hydrogen-bond donors (Lipinski definition) is 1. The lowest BCUT2D eigenvalue weighted by atomic mass is 10.2. The van der Waals surface area contributed by atoms with E-state index in [2.05, 4.69) is 22.4 Å². The first-order chi connectivity index (χ1) is 12.1. The monoisotopic (exact) mass is 359 g/mol. The van der Waals surface area contributed by atoms with Crippen molar-refractivity contribution in [2.24, 2.45) is 7.05 Å². The number of para-hydroxylation sites is 2. The standard InChI is InChI=1S/C17H21N5O2S/c1-3-4-5-10-15-19-20-16(25-15)18-14(23)11-22-13-9-7-6-8-12(13)21(2)17(22)24/h6-9H,3-5,10-11H2,1-2H3,(H,18,20,23). The third-order valence-corrected chi connectivity index (χ3v) is 4.96. The maximum atomic E-state index is 12.3. The molecule has 0 saturated carbocycles. The third-order valence-electron chi connectivity index (χ3n) is 4.06. The molecule has 0 unspecified atom stereocenters. The fraction of sp³-hybridized carbons (Fsp3) is 0.412. The van der Waals surface area contributed by atoms with Crippen LogP contribution in [0, 0.1) is 0 Å². The summed E-state index contributed by atoms with van der Waals surface area (Å²) in [5.41, 5.74) is 1.32. The van der Waals surface area contributed by atoms with E-state index in [1.54, 1.807) is 11.6 Å². The molecule has 1 N–H and O–H groups in total. The molecule has 7 nitrogen and oxygen atoms in total. The average molecular weight is 359 g/mol. The van der Waals surface area contributed by atoms with Crippen LogP contribution in [-0.2, 0) is 24.8 Å². The molecule has 0 fully saturated rings. The zero-order chi connectivity index (χ0) is 17.8. The zero-order valence-electron chi connectivity index (χ0n) is 14.4. The van der Waals surface area contributed by atoms with Crippen LogP contribution in [0.1, 0.15) is 31.2 Å². The van der Waals surface area contributed by atoms with Gasteiger partial charge < -0.3 is 0 Å². The predicted octanol–water partition coefficient (Wildman–Crippen LogP) is 2.56. The van der Waals surface area contributed by atoms with Crippen LogP contribution in [0.4, 0.5) is 5.13 Å². The minimum absolute atomic E-state index is 0.0507. The first kappa shape index (κ1) is 17.3. The molecule has 0 aliphatic rings. The van der Waals surface area contributed by atoms with E-state index in [0.717, 1.165) is 41.7 Å². The van der Waals surface area contributed by atoms with Gasteiger partial charge in [0.15, 0.2) is 0 Å². The highest BCUT2D eigenvalue weighted by Crippen LogP contribution is 2.18. The second-order valence-corrected chi connectivity index (χ2v) is 6.98. The lowest BCUT2D eigenvalue weighted by Crippen LogP contribution is -2.28. The Hall–Kier alpha value is -2.48. The molecular formula is C17H21N5O2S. The Morgan fingerprint density at radius 3 is 2.72 bits per heavy atom. The van der Waals surface area contributed by atoms with Crippen molar-refractivity contribution in [3.63, 3.8) is 0 Å². The van der Waals surface area contributed by atoms with Crippen molar-refractivity contribution in [3.05, 3.63) is 39.8 Å². The van der Waals surface area contributed by atoms with Crippen LogP contribution >= 0.6 is 11.3 Å². The number of amides is 1. The SMILES string of the molecule is CCCCCc1nnc(NC(=O)Cn2c(=O)n(C)c3ccccc32)s1. The Morgan fingerprint density at radius 1 is 1.20 bits per heavy atom. The number of nitrogens with zero attached hydrogens (tertiary/aromatic N) is 4. The molecule has 0 aliphatic carbocycles. The molecular weight excluding hydrogens is 338 g/mol. The number of carbonyl (C=O) groups excluding carboxylic acids is 1. The number of carbonyl (C=O) groups is 1. The summed E-state index contributed by atoms with van der Waals surface area (Å²) in [5, 5.41) is 12.2. The van der Waals surface area contributed by atoms with Crippen LogP contribution in [0.2, 0.25) is 0 Å². The van der Waals surface area contributed by atoms with Gasteiger partial charge in [0.2, 0.25) is 11.0 Å². The normalized spacial score (nSPS) is 11.1. The summed E-state index contributed by atoms with van der Waals surface area (Å²) in [6, 6.07) is 7.41. The average Bonchev–Trinajstić information content (AvgIpc) is 3.14. The lowest BCUT2D eigenvalue weighted by Gasteiger charge is -2.03. The van der Waals surface area contributed by atoms with Gasteiger partial charge >= 0.3 is 5.69 Å². The van der Waals surface area contributed by atoms with Crippen molar-refractivity contribution < 1.29 is 4.79 Å². The topological polar surface area (TPSA) is 81.8 Å². The van der Waals surface area contributed by atoms with Gasteiger partial charge in [0.05, 0.1) is 11.0 Å². The Bertz CT molecular complexity index is 940. The molecule has 0 radical (unpaired) electrons. The first-order valence-electron chi connectivity index (χ1n) is 8.36. The van der Waals surface area contributed by atoms with Gasteiger partial charge in [-0.3, -0.25) is 19.2 Å². The molecule has 132 valence electrons. The molecule has 0 spiro atoms. The number of unbranched alkanes of at least 4 members (excludes halogenated alkanes) is 2. The van der Waals surface area contributed by atoms with E-state index in [-0.39, 0.29) is 18.1 Å². The van der Waals surface area contributed by atoms with Gasteiger partial charge in [0, 0.05) is 13.5 Å². The minimum atomic E-state index is -0.283. The molecule has 2 aromatic heterocycles. The van der Waals surface area contributed by atoms with E-state index in [4.69, 9.17) is 0 Å². The fourth-order valence-corrected chi connectivity index (χ4v) is 3.55. The van der Waals surface area contributed by atoms with Crippen molar-refractivity contribution in [3.8, 4) is 0 Å². The molecule has 0 saturated heterocycles. The van der Waals surface area contributed by atoms with Crippen LogP contribution in [0.3, 0.4) is 0 Å². The summed E-state index contributed by atoms with van der Waals surface area (Å²) in [6.45, 7) is 2.10. The van der Waals surface area contributed by atoms with Crippen molar-refractivity contribution in [2.45, 2.75) is 39.2 Å². The van der Waals surface area contributed by atoms with Crippen LogP contribution in [0.25, 0.3) is 11.0 Å². The Morgan fingerprint density at radius 2 is 1.96 bits per heavy atom. The number of nitrogens with one attached hydrogen (secondary N) is 1. The third kappa shape index (κ3) is 3.79. The van der Waals surface area contributed by atoms with Crippen molar-refractivity contribution in [2.75, 3.05) is 5.32 Å². The second-order valence-electron chi connectivity index (χ2n) is 5.92. The summed E-state index contributed by atoms with van der Waals surface area (Å²) in [4.78, 5) is 24.7. The van der Waals surface area contributed by atoms with Gasteiger partial charge in [0.1, 0.15) is 11.6 Å². The van der Waals surface area contributed by atoms with Crippen molar-refractivity contribution in [1.29, 1.82) is 0 Å². The Labute approximate surface area is 149 Å². The number of benzene rings is 1. The van der Waals surface area contributed by atoms with Gasteiger partial charge in [-0.15, -0.1) is 10.2 Å². The Balaban J connectivity index is 1.69. The van der Waals surface area contributed by atoms with Crippen molar-refractivity contribution in [1.82, 2.24) is 19.3 Å². The summed E-state index contributed by atoms with van der Waals surface area (Å²) in [7, 11) is 1.70. The molecule has 3 rings (SSSR count). The molecule has 0 bridgehead atoms. The summed E-state index contributed by atoms with van der Waals surface area (Å²) < 4.78 is 3.01. The summed E-state index contributed by atoms with van der Waals surface area (Å²) >= 11 is 1.39. The molecule has 1 aromatic carbocycles. The molecule has 0 atom stereocenters. The molecule has 1 amide bonds. The van der Waals surface area contributed by atoms with Crippen LogP contribution < -0.4 is 11.0 Å². The summed E-state index contributed by atoms with van der Waals surface area (Å²) in [5.74, 6) is -0.283. The van der Waals surface area contributed by atoms with E-state index in [1.165, 1.54) is 15.9 Å². The van der Waals surface area contributed by atoms with E-state index in [1.807, 2.05) is 24.3 Å². The van der Waals surface area contributed by atoms with E-state index in [9.17, 15) is 9.59 Å². The first-order valence-corrected chi connectivity index (χ1v) is 9.18. The van der Waals surface area contributed by atoms with Crippen LogP contribution in [0.5, 0.6) is 0 Å². The van der Waals surface area contributed by atoms with Crippen molar-refractivity contribution >= 4 is 33.4 Å². The predicted molar refractivity (Wildman–Crippen MR) is 98.9 cm³/mol. The summed E-state index contributed by atoms with van der Waals surface area (Å²) in [6.07, 6.45) is 4.27. The second kappa shape index (κ2) is 7.60. The van der Waals surface area contributed by atoms with Crippen LogP contribution in [0.15, 0.2) is 29.1 Å². The maximum Gasteiger partial charge on any atom is 0.329 e. The van der Waals surface area contributed by atoms with Gasteiger partial charge in [-0.05, 0) is 18.6 Å². The minimum Gasteiger partial charge on any atom is -0.299 e.